The Labute approximate surface area is 127 Å². The molecule has 21 heavy (non-hydrogen) atoms. The highest BCUT2D eigenvalue weighted by Gasteiger charge is 2.46. The van der Waals surface area contributed by atoms with Crippen LogP contribution in [0.25, 0.3) is 0 Å². The fourth-order valence-corrected chi connectivity index (χ4v) is 2.60. The zero-order chi connectivity index (χ0) is 15.0. The van der Waals surface area contributed by atoms with Crippen molar-refractivity contribution in [2.75, 3.05) is 5.32 Å². The Balaban J connectivity index is 1.68. The molecule has 0 spiro atoms. The van der Waals surface area contributed by atoms with Crippen molar-refractivity contribution in [3.05, 3.63) is 46.8 Å². The lowest BCUT2D eigenvalue weighted by Crippen LogP contribution is -2.15. The van der Waals surface area contributed by atoms with Gasteiger partial charge in [-0.25, -0.2) is 15.0 Å². The number of aromatic nitrogens is 3. The van der Waals surface area contributed by atoms with Crippen LogP contribution in [0.2, 0.25) is 5.15 Å². The molecule has 1 aliphatic rings. The first-order valence-electron chi connectivity index (χ1n) is 6.77. The molecule has 6 heteroatoms. The summed E-state index contributed by atoms with van der Waals surface area (Å²) < 4.78 is 0. The van der Waals surface area contributed by atoms with Gasteiger partial charge in [0.15, 0.2) is 0 Å². The van der Waals surface area contributed by atoms with Crippen LogP contribution in [0.15, 0.2) is 24.4 Å². The molecule has 2 aromatic heterocycles. The molecule has 0 bridgehead atoms. The fourth-order valence-electron chi connectivity index (χ4n) is 2.35. The Kier molecular flexibility index (Phi) is 3.59. The number of nitrogens with one attached hydrogen (secondary N) is 1. The highest BCUT2D eigenvalue weighted by Crippen LogP contribution is 2.46. The van der Waals surface area contributed by atoms with E-state index in [4.69, 9.17) is 11.6 Å². The van der Waals surface area contributed by atoms with Gasteiger partial charge in [0.05, 0.1) is 0 Å². The minimum Gasteiger partial charge on any atom is -0.326 e. The van der Waals surface area contributed by atoms with Crippen molar-refractivity contribution >= 4 is 23.2 Å². The SMILES string of the molecule is Cc1cc(NC(=O)C2CC2c2nccc(C)n2)cc(Cl)n1. The third-order valence-electron chi connectivity index (χ3n) is 3.46. The molecule has 0 radical (unpaired) electrons. The van der Waals surface area contributed by atoms with Crippen LogP contribution in [0.4, 0.5) is 5.69 Å². The number of rotatable bonds is 3. The molecule has 108 valence electrons. The van der Waals surface area contributed by atoms with Crippen molar-refractivity contribution in [3.8, 4) is 0 Å². The van der Waals surface area contributed by atoms with E-state index in [0.717, 1.165) is 23.6 Å². The molecule has 2 aromatic rings. The van der Waals surface area contributed by atoms with E-state index in [1.165, 1.54) is 0 Å². The summed E-state index contributed by atoms with van der Waals surface area (Å²) in [7, 11) is 0. The summed E-state index contributed by atoms with van der Waals surface area (Å²) in [5.74, 6) is 0.771. The minimum atomic E-state index is -0.0703. The molecule has 1 amide bonds. The van der Waals surface area contributed by atoms with Gasteiger partial charge in [0.2, 0.25) is 5.91 Å². The van der Waals surface area contributed by atoms with Crippen LogP contribution in [-0.4, -0.2) is 20.9 Å². The number of pyridine rings is 1. The smallest absolute Gasteiger partial charge is 0.228 e. The summed E-state index contributed by atoms with van der Waals surface area (Å²) in [5.41, 5.74) is 2.36. The Bertz CT molecular complexity index is 684. The number of halogens is 1. The van der Waals surface area contributed by atoms with Crippen LogP contribution in [0.3, 0.4) is 0 Å². The number of amides is 1. The zero-order valence-electron chi connectivity index (χ0n) is 11.8. The van der Waals surface area contributed by atoms with Gasteiger partial charge in [0.1, 0.15) is 11.0 Å². The van der Waals surface area contributed by atoms with Crippen molar-refractivity contribution < 1.29 is 4.79 Å². The lowest BCUT2D eigenvalue weighted by atomic mass is 10.2. The van der Waals surface area contributed by atoms with E-state index in [2.05, 4.69) is 20.3 Å². The van der Waals surface area contributed by atoms with Gasteiger partial charge >= 0.3 is 0 Å². The monoisotopic (exact) mass is 302 g/mol. The molecule has 5 nitrogen and oxygen atoms in total. The van der Waals surface area contributed by atoms with E-state index in [-0.39, 0.29) is 17.7 Å². The lowest BCUT2D eigenvalue weighted by molar-refractivity contribution is -0.117. The zero-order valence-corrected chi connectivity index (χ0v) is 12.6. The van der Waals surface area contributed by atoms with E-state index in [1.807, 2.05) is 19.9 Å². The Hall–Kier alpha value is -2.01. The van der Waals surface area contributed by atoms with Crippen LogP contribution in [-0.2, 0) is 4.79 Å². The van der Waals surface area contributed by atoms with Crippen molar-refractivity contribution in [2.45, 2.75) is 26.2 Å². The predicted molar refractivity (Wildman–Crippen MR) is 80.2 cm³/mol. The van der Waals surface area contributed by atoms with Crippen molar-refractivity contribution in [1.29, 1.82) is 0 Å². The first kappa shape index (κ1) is 13.9. The van der Waals surface area contributed by atoms with Crippen LogP contribution < -0.4 is 5.32 Å². The summed E-state index contributed by atoms with van der Waals surface area (Å²) in [6, 6.07) is 5.29. The molecule has 2 unspecified atom stereocenters. The number of nitrogens with zero attached hydrogens (tertiary/aromatic N) is 3. The van der Waals surface area contributed by atoms with Crippen LogP contribution in [0.1, 0.15) is 29.6 Å². The molecule has 1 fully saturated rings. The summed E-state index contributed by atoms with van der Waals surface area (Å²) in [4.78, 5) is 24.9. The number of aryl methyl sites for hydroxylation is 2. The highest BCUT2D eigenvalue weighted by atomic mass is 35.5. The van der Waals surface area contributed by atoms with Gasteiger partial charge in [-0.05, 0) is 38.5 Å². The minimum absolute atomic E-state index is 0.0215. The standard InChI is InChI=1S/C15H15ClN4O/c1-8-3-4-17-14(19-8)11-7-12(11)15(21)20-10-5-9(2)18-13(16)6-10/h3-6,11-12H,7H2,1-2H3,(H,18,20,21). The third kappa shape index (κ3) is 3.19. The number of anilines is 1. The number of carbonyl (C=O) groups excluding carboxylic acids is 1. The predicted octanol–water partition coefficient (Wildman–Crippen LogP) is 2.88. The van der Waals surface area contributed by atoms with Gasteiger partial charge < -0.3 is 5.32 Å². The Morgan fingerprint density at radius 3 is 2.81 bits per heavy atom. The largest absolute Gasteiger partial charge is 0.326 e. The van der Waals surface area contributed by atoms with E-state index in [1.54, 1.807) is 18.3 Å². The second-order valence-corrected chi connectivity index (χ2v) is 5.70. The first-order valence-corrected chi connectivity index (χ1v) is 7.15. The molecule has 1 saturated carbocycles. The fraction of sp³-hybridized carbons (Fsp3) is 0.333. The quantitative estimate of drug-likeness (QED) is 0.885. The number of hydrogen-bond acceptors (Lipinski definition) is 4. The van der Waals surface area contributed by atoms with E-state index in [0.29, 0.717) is 10.8 Å². The average molecular weight is 303 g/mol. The average Bonchev–Trinajstić information content (AvgIpc) is 3.17. The van der Waals surface area contributed by atoms with Crippen molar-refractivity contribution in [2.24, 2.45) is 5.92 Å². The van der Waals surface area contributed by atoms with E-state index in [9.17, 15) is 4.79 Å². The number of carbonyl (C=O) groups is 1. The van der Waals surface area contributed by atoms with Gasteiger partial charge in [-0.1, -0.05) is 11.6 Å². The summed E-state index contributed by atoms with van der Waals surface area (Å²) in [6.45, 7) is 3.76. The molecule has 1 N–H and O–H groups in total. The van der Waals surface area contributed by atoms with Gasteiger partial charge in [0, 0.05) is 35.1 Å². The topological polar surface area (TPSA) is 67.8 Å². The number of hydrogen-bond donors (Lipinski definition) is 1. The van der Waals surface area contributed by atoms with Crippen LogP contribution >= 0.6 is 11.6 Å². The second kappa shape index (κ2) is 5.41. The molecule has 1 aliphatic carbocycles. The summed E-state index contributed by atoms with van der Waals surface area (Å²) in [6.07, 6.45) is 2.52. The Morgan fingerprint density at radius 2 is 2.10 bits per heavy atom. The molecular weight excluding hydrogens is 288 g/mol. The van der Waals surface area contributed by atoms with Crippen molar-refractivity contribution in [3.63, 3.8) is 0 Å². The maximum Gasteiger partial charge on any atom is 0.228 e. The maximum absolute atomic E-state index is 12.2. The maximum atomic E-state index is 12.2. The van der Waals surface area contributed by atoms with E-state index >= 15 is 0 Å². The van der Waals surface area contributed by atoms with Gasteiger partial charge in [-0.15, -0.1) is 0 Å². The molecule has 3 rings (SSSR count). The normalized spacial score (nSPS) is 20.1. The van der Waals surface area contributed by atoms with Gasteiger partial charge in [-0.2, -0.15) is 0 Å². The lowest BCUT2D eigenvalue weighted by Gasteiger charge is -2.06. The summed E-state index contributed by atoms with van der Waals surface area (Å²) in [5, 5.41) is 3.26. The van der Waals surface area contributed by atoms with Gasteiger partial charge in [-0.3, -0.25) is 4.79 Å². The third-order valence-corrected chi connectivity index (χ3v) is 3.66. The van der Waals surface area contributed by atoms with Crippen LogP contribution in [0.5, 0.6) is 0 Å². The van der Waals surface area contributed by atoms with E-state index < -0.39 is 0 Å². The first-order chi connectivity index (χ1) is 10.0. The van der Waals surface area contributed by atoms with Crippen LogP contribution in [0, 0.1) is 19.8 Å². The molecular formula is C15H15ClN4O. The highest BCUT2D eigenvalue weighted by molar-refractivity contribution is 6.29. The summed E-state index contributed by atoms with van der Waals surface area (Å²) >= 11 is 5.89. The second-order valence-electron chi connectivity index (χ2n) is 5.31. The molecule has 2 heterocycles. The molecule has 0 saturated heterocycles. The molecule has 2 atom stereocenters. The molecule has 0 aromatic carbocycles. The molecule has 0 aliphatic heterocycles. The van der Waals surface area contributed by atoms with Crippen molar-refractivity contribution in [1.82, 2.24) is 15.0 Å². The Morgan fingerprint density at radius 1 is 1.29 bits per heavy atom. The van der Waals surface area contributed by atoms with Gasteiger partial charge in [0.25, 0.3) is 0 Å².